The molecule has 4 N–H and O–H groups in total. The number of rotatable bonds is 5. The van der Waals surface area contributed by atoms with Crippen LogP contribution in [-0.2, 0) is 4.65 Å². The van der Waals surface area contributed by atoms with Gasteiger partial charge >= 0.3 is 7.48 Å². The van der Waals surface area contributed by atoms with Crippen LogP contribution in [0.2, 0.25) is 0 Å². The van der Waals surface area contributed by atoms with E-state index >= 15 is 0 Å². The molecule has 0 fully saturated rings. The lowest BCUT2D eigenvalue weighted by Crippen LogP contribution is -2.17. The van der Waals surface area contributed by atoms with Gasteiger partial charge in [0.2, 0.25) is 0 Å². The minimum Gasteiger partial charge on any atom is -0.434 e. The molecule has 0 amide bonds. The Morgan fingerprint density at radius 2 is 1.79 bits per heavy atom. The van der Waals surface area contributed by atoms with Crippen LogP contribution in [0.5, 0.6) is 0 Å². The molecule has 0 aliphatic rings. The Balaban J connectivity index is 0. The normalized spacial score (nSPS) is 8.36. The average Bonchev–Trinajstić information content (AvgIpc) is 2.14. The molecule has 0 spiro atoms. The SMILES string of the molecule is CCCCO[B]c1ccccc1.O.O. The molecule has 1 radical (unpaired) electrons. The van der Waals surface area contributed by atoms with E-state index in [-0.39, 0.29) is 11.0 Å². The Morgan fingerprint density at radius 1 is 1.14 bits per heavy atom. The van der Waals surface area contributed by atoms with Crippen molar-refractivity contribution in [1.82, 2.24) is 0 Å². The fourth-order valence-corrected chi connectivity index (χ4v) is 0.914. The molecule has 1 aromatic carbocycles. The lowest BCUT2D eigenvalue weighted by atomic mass is 9.88. The maximum absolute atomic E-state index is 5.34. The van der Waals surface area contributed by atoms with Gasteiger partial charge in [0.15, 0.2) is 0 Å². The van der Waals surface area contributed by atoms with Crippen molar-refractivity contribution in [2.45, 2.75) is 19.8 Å². The van der Waals surface area contributed by atoms with Crippen molar-refractivity contribution in [3.8, 4) is 0 Å². The quantitative estimate of drug-likeness (QED) is 0.487. The van der Waals surface area contributed by atoms with E-state index in [0.717, 1.165) is 18.5 Å². The third kappa shape index (κ3) is 6.66. The van der Waals surface area contributed by atoms with Crippen LogP contribution in [0, 0.1) is 0 Å². The van der Waals surface area contributed by atoms with Gasteiger partial charge < -0.3 is 15.6 Å². The highest BCUT2D eigenvalue weighted by atomic mass is 16.4. The second-order valence-electron chi connectivity index (χ2n) is 2.75. The molecule has 1 aromatic rings. The molecule has 1 rings (SSSR count). The van der Waals surface area contributed by atoms with Gasteiger partial charge in [0.05, 0.1) is 0 Å². The Labute approximate surface area is 86.0 Å². The maximum Gasteiger partial charge on any atom is 0.329 e. The Kier molecular flexibility index (Phi) is 11.4. The van der Waals surface area contributed by atoms with Crippen LogP contribution >= 0.6 is 0 Å². The topological polar surface area (TPSA) is 72.2 Å². The van der Waals surface area contributed by atoms with Gasteiger partial charge in [0.1, 0.15) is 0 Å². The first-order chi connectivity index (χ1) is 5.93. The highest BCUT2D eigenvalue weighted by Gasteiger charge is 1.94. The molecule has 0 atom stereocenters. The van der Waals surface area contributed by atoms with Crippen LogP contribution in [-0.4, -0.2) is 25.0 Å². The Morgan fingerprint density at radius 3 is 2.36 bits per heavy atom. The van der Waals surface area contributed by atoms with E-state index in [1.165, 1.54) is 6.42 Å². The minimum absolute atomic E-state index is 0. The summed E-state index contributed by atoms with van der Waals surface area (Å²) in [6.07, 6.45) is 2.31. The van der Waals surface area contributed by atoms with Crippen molar-refractivity contribution in [3.05, 3.63) is 30.3 Å². The summed E-state index contributed by atoms with van der Waals surface area (Å²) in [7, 11) is 1.82. The summed E-state index contributed by atoms with van der Waals surface area (Å²) < 4.78 is 5.34. The highest BCUT2D eigenvalue weighted by molar-refractivity contribution is 6.46. The van der Waals surface area contributed by atoms with E-state index in [1.54, 1.807) is 0 Å². The third-order valence-corrected chi connectivity index (χ3v) is 1.63. The van der Waals surface area contributed by atoms with Crippen LogP contribution in [0.15, 0.2) is 30.3 Å². The molecule has 4 heteroatoms. The molecule has 0 aliphatic carbocycles. The highest BCUT2D eigenvalue weighted by Crippen LogP contribution is 1.87. The average molecular weight is 197 g/mol. The Bertz CT molecular complexity index is 204. The van der Waals surface area contributed by atoms with E-state index in [2.05, 4.69) is 6.92 Å². The molecule has 0 aromatic heterocycles. The first-order valence-corrected chi connectivity index (χ1v) is 4.43. The van der Waals surface area contributed by atoms with Gasteiger partial charge in [-0.05, 0) is 6.42 Å². The van der Waals surface area contributed by atoms with Gasteiger partial charge in [-0.1, -0.05) is 49.1 Å². The zero-order valence-corrected chi connectivity index (χ0v) is 8.49. The van der Waals surface area contributed by atoms with Crippen molar-refractivity contribution in [3.63, 3.8) is 0 Å². The smallest absolute Gasteiger partial charge is 0.329 e. The summed E-state index contributed by atoms with van der Waals surface area (Å²) in [4.78, 5) is 0. The van der Waals surface area contributed by atoms with E-state index in [1.807, 2.05) is 37.8 Å². The third-order valence-electron chi connectivity index (χ3n) is 1.63. The Hall–Kier alpha value is -0.835. The van der Waals surface area contributed by atoms with Crippen molar-refractivity contribution in [1.29, 1.82) is 0 Å². The van der Waals surface area contributed by atoms with Crippen molar-refractivity contribution >= 4 is 12.9 Å². The first-order valence-electron chi connectivity index (χ1n) is 4.43. The fourth-order valence-electron chi connectivity index (χ4n) is 0.914. The van der Waals surface area contributed by atoms with Gasteiger partial charge in [0.25, 0.3) is 0 Å². The first kappa shape index (κ1) is 15.6. The lowest BCUT2D eigenvalue weighted by Gasteiger charge is -2.00. The van der Waals surface area contributed by atoms with E-state index in [0.29, 0.717) is 0 Å². The molecular formula is C10H18BO3. The number of unbranched alkanes of at least 4 members (excludes halogenated alkanes) is 1. The summed E-state index contributed by atoms with van der Waals surface area (Å²) in [6, 6.07) is 10.1. The van der Waals surface area contributed by atoms with Crippen LogP contribution < -0.4 is 5.46 Å². The zero-order valence-electron chi connectivity index (χ0n) is 8.49. The summed E-state index contributed by atoms with van der Waals surface area (Å²) in [5, 5.41) is 0. The van der Waals surface area contributed by atoms with Crippen LogP contribution in [0.4, 0.5) is 0 Å². The summed E-state index contributed by atoms with van der Waals surface area (Å²) in [5.41, 5.74) is 1.13. The van der Waals surface area contributed by atoms with Gasteiger partial charge in [-0.2, -0.15) is 0 Å². The van der Waals surface area contributed by atoms with Crippen LogP contribution in [0.1, 0.15) is 19.8 Å². The lowest BCUT2D eigenvalue weighted by molar-refractivity contribution is 0.332. The molecule has 79 valence electrons. The van der Waals surface area contributed by atoms with Crippen LogP contribution in [0.25, 0.3) is 0 Å². The molecular weight excluding hydrogens is 179 g/mol. The van der Waals surface area contributed by atoms with Crippen molar-refractivity contribution in [2.24, 2.45) is 0 Å². The summed E-state index contributed by atoms with van der Waals surface area (Å²) in [5.74, 6) is 0. The number of benzene rings is 1. The second-order valence-corrected chi connectivity index (χ2v) is 2.75. The molecule has 3 nitrogen and oxygen atoms in total. The summed E-state index contributed by atoms with van der Waals surface area (Å²) >= 11 is 0. The van der Waals surface area contributed by atoms with Crippen LogP contribution in [0.3, 0.4) is 0 Å². The molecule has 0 unspecified atom stereocenters. The van der Waals surface area contributed by atoms with E-state index in [9.17, 15) is 0 Å². The van der Waals surface area contributed by atoms with Gasteiger partial charge in [0, 0.05) is 6.61 Å². The second kappa shape index (κ2) is 10.2. The minimum atomic E-state index is 0. The van der Waals surface area contributed by atoms with Gasteiger partial charge in [-0.15, -0.1) is 0 Å². The summed E-state index contributed by atoms with van der Waals surface area (Å²) in [6.45, 7) is 2.98. The molecule has 0 saturated heterocycles. The largest absolute Gasteiger partial charge is 0.434 e. The van der Waals surface area contributed by atoms with E-state index < -0.39 is 0 Å². The van der Waals surface area contributed by atoms with Crippen molar-refractivity contribution in [2.75, 3.05) is 6.61 Å². The monoisotopic (exact) mass is 197 g/mol. The van der Waals surface area contributed by atoms with Crippen molar-refractivity contribution < 1.29 is 15.6 Å². The van der Waals surface area contributed by atoms with Gasteiger partial charge in [-0.3, -0.25) is 0 Å². The molecule has 0 aliphatic heterocycles. The molecule has 0 heterocycles. The number of hydrogen-bond acceptors (Lipinski definition) is 1. The molecule has 0 bridgehead atoms. The zero-order chi connectivity index (χ0) is 8.65. The molecule has 0 saturated carbocycles. The molecule has 14 heavy (non-hydrogen) atoms. The number of hydrogen-bond donors (Lipinski definition) is 0. The standard InChI is InChI=1S/C10H14BO.2H2O/c1-2-3-9-12-11-10-7-5-4-6-8-10;;/h4-8H,2-3,9H2,1H3;2*1H2. The van der Waals surface area contributed by atoms with E-state index in [4.69, 9.17) is 4.65 Å². The predicted molar refractivity (Wildman–Crippen MR) is 59.9 cm³/mol. The fraction of sp³-hybridized carbons (Fsp3) is 0.400. The van der Waals surface area contributed by atoms with Gasteiger partial charge in [-0.25, -0.2) is 0 Å². The predicted octanol–water partition coefficient (Wildman–Crippen LogP) is 0.0984. The maximum atomic E-state index is 5.34.